The second-order valence-electron chi connectivity index (χ2n) is 7.54. The van der Waals surface area contributed by atoms with Crippen LogP contribution in [0.5, 0.6) is 0 Å². The van der Waals surface area contributed by atoms with Crippen molar-refractivity contribution < 1.29 is 9.15 Å². The molecule has 1 fully saturated rings. The Hall–Kier alpha value is -4.31. The molecule has 0 unspecified atom stereocenters. The van der Waals surface area contributed by atoms with Crippen molar-refractivity contribution >= 4 is 28.7 Å². The molecule has 0 atom stereocenters. The van der Waals surface area contributed by atoms with Crippen LogP contribution < -0.4 is 10.2 Å². The summed E-state index contributed by atoms with van der Waals surface area (Å²) in [6, 6.07) is 13.3. The summed E-state index contributed by atoms with van der Waals surface area (Å²) in [7, 11) is 0. The van der Waals surface area contributed by atoms with Gasteiger partial charge in [-0.25, -0.2) is 4.98 Å². The third-order valence-corrected chi connectivity index (χ3v) is 5.39. The Morgan fingerprint density at radius 2 is 1.85 bits per heavy atom. The van der Waals surface area contributed by atoms with E-state index < -0.39 is 0 Å². The normalized spacial score (nSPS) is 14.0. The summed E-state index contributed by atoms with van der Waals surface area (Å²) in [5.41, 5.74) is 3.93. The van der Waals surface area contributed by atoms with Gasteiger partial charge in [0, 0.05) is 49.4 Å². The van der Waals surface area contributed by atoms with Crippen LogP contribution in [0.25, 0.3) is 33.8 Å². The van der Waals surface area contributed by atoms with Gasteiger partial charge in [-0.15, -0.1) is 0 Å². The van der Waals surface area contributed by atoms with E-state index in [9.17, 15) is 0 Å². The van der Waals surface area contributed by atoms with Crippen LogP contribution in [0.3, 0.4) is 0 Å². The zero-order chi connectivity index (χ0) is 22.0. The largest absolute Gasteiger partial charge is 0.449 e. The summed E-state index contributed by atoms with van der Waals surface area (Å²) >= 11 is 0. The Morgan fingerprint density at radius 1 is 0.970 bits per heavy atom. The van der Waals surface area contributed by atoms with Crippen molar-refractivity contribution in [3.8, 4) is 22.7 Å². The van der Waals surface area contributed by atoms with Gasteiger partial charge in [-0.1, -0.05) is 6.07 Å². The van der Waals surface area contributed by atoms with Gasteiger partial charge in [0.05, 0.1) is 18.9 Å². The lowest BCUT2D eigenvalue weighted by atomic mass is 10.2. The predicted molar refractivity (Wildman–Crippen MR) is 123 cm³/mol. The number of pyridine rings is 2. The number of hydrogen-bond acceptors (Lipinski definition) is 9. The van der Waals surface area contributed by atoms with Crippen molar-refractivity contribution in [2.45, 2.75) is 0 Å². The first-order valence-electron chi connectivity index (χ1n) is 10.6. The number of morpholine rings is 1. The van der Waals surface area contributed by atoms with Crippen molar-refractivity contribution in [3.63, 3.8) is 0 Å². The molecule has 0 radical (unpaired) electrons. The van der Waals surface area contributed by atoms with Crippen molar-refractivity contribution in [1.82, 2.24) is 30.1 Å². The predicted octanol–water partition coefficient (Wildman–Crippen LogP) is 3.65. The van der Waals surface area contributed by atoms with E-state index in [4.69, 9.17) is 14.1 Å². The van der Waals surface area contributed by atoms with Gasteiger partial charge in [-0.3, -0.25) is 15.1 Å². The van der Waals surface area contributed by atoms with E-state index in [1.54, 1.807) is 18.6 Å². The second kappa shape index (κ2) is 8.32. The Bertz CT molecular complexity index is 1380. The molecule has 5 aromatic rings. The van der Waals surface area contributed by atoms with Crippen LogP contribution in [0.4, 0.5) is 17.6 Å². The van der Waals surface area contributed by atoms with Crippen LogP contribution >= 0.6 is 0 Å². The molecule has 10 nitrogen and oxygen atoms in total. The molecule has 0 amide bonds. The highest BCUT2D eigenvalue weighted by Crippen LogP contribution is 2.33. The maximum absolute atomic E-state index is 6.18. The monoisotopic (exact) mass is 440 g/mol. The number of ether oxygens (including phenoxy) is 1. The van der Waals surface area contributed by atoms with Crippen LogP contribution in [0.2, 0.25) is 0 Å². The molecule has 2 N–H and O–H groups in total. The molecule has 0 aromatic carbocycles. The van der Waals surface area contributed by atoms with Gasteiger partial charge < -0.3 is 19.4 Å². The zero-order valence-corrected chi connectivity index (χ0v) is 17.6. The van der Waals surface area contributed by atoms with Crippen molar-refractivity contribution in [2.75, 3.05) is 36.5 Å². The Kier molecular flexibility index (Phi) is 4.89. The summed E-state index contributed by atoms with van der Waals surface area (Å²) in [4.78, 5) is 20.1. The lowest BCUT2D eigenvalue weighted by Crippen LogP contribution is -2.37. The SMILES string of the molecule is c1ccc(-c2cc3nc(Nc4cc(-c5ccncc5)[nH]n4)nc(N4CCOCC4)c3o2)nc1. The highest BCUT2D eigenvalue weighted by Gasteiger charge is 2.22. The number of aromatic amines is 1. The number of hydrogen-bond donors (Lipinski definition) is 2. The fourth-order valence-electron chi connectivity index (χ4n) is 3.77. The Balaban J connectivity index is 1.38. The van der Waals surface area contributed by atoms with E-state index in [0.29, 0.717) is 41.8 Å². The molecule has 0 aliphatic carbocycles. The van der Waals surface area contributed by atoms with E-state index in [1.807, 2.05) is 42.5 Å². The number of nitrogens with one attached hydrogen (secondary N) is 2. The molecular formula is C23H20N8O2. The minimum Gasteiger partial charge on any atom is -0.449 e. The van der Waals surface area contributed by atoms with E-state index in [1.165, 1.54) is 0 Å². The molecule has 164 valence electrons. The molecule has 6 rings (SSSR count). The highest BCUT2D eigenvalue weighted by atomic mass is 16.5. The van der Waals surface area contributed by atoms with E-state index in [-0.39, 0.29) is 0 Å². The number of rotatable bonds is 5. The molecule has 1 saturated heterocycles. The zero-order valence-electron chi connectivity index (χ0n) is 17.6. The summed E-state index contributed by atoms with van der Waals surface area (Å²) < 4.78 is 11.7. The summed E-state index contributed by atoms with van der Waals surface area (Å²) in [5, 5.41) is 10.6. The summed E-state index contributed by atoms with van der Waals surface area (Å²) in [6.45, 7) is 2.72. The van der Waals surface area contributed by atoms with E-state index >= 15 is 0 Å². The number of anilines is 3. The Labute approximate surface area is 188 Å². The van der Waals surface area contributed by atoms with Crippen LogP contribution in [0.15, 0.2) is 65.5 Å². The quantitative estimate of drug-likeness (QED) is 0.422. The maximum atomic E-state index is 6.18. The average Bonchev–Trinajstić information content (AvgIpc) is 3.53. The van der Waals surface area contributed by atoms with Crippen LogP contribution in [0.1, 0.15) is 0 Å². The molecule has 6 heterocycles. The lowest BCUT2D eigenvalue weighted by molar-refractivity contribution is 0.122. The van der Waals surface area contributed by atoms with E-state index in [0.717, 1.165) is 35.9 Å². The molecule has 0 saturated carbocycles. The van der Waals surface area contributed by atoms with Crippen molar-refractivity contribution in [2.24, 2.45) is 0 Å². The standard InChI is InChI=1S/C23H20N8O2/c1-2-6-25-16(3-1)19-13-18-21(33-19)22(31-9-11-32-12-10-31)28-23(26-18)27-20-14-17(29-30-20)15-4-7-24-8-5-15/h1-8,13-14H,9-12H2,(H2,26,27,28,29,30). The fraction of sp³-hybridized carbons (Fsp3) is 0.174. The van der Waals surface area contributed by atoms with Crippen molar-refractivity contribution in [3.05, 3.63) is 61.1 Å². The smallest absolute Gasteiger partial charge is 0.231 e. The van der Waals surface area contributed by atoms with Gasteiger partial charge in [0.25, 0.3) is 0 Å². The molecule has 5 aromatic heterocycles. The molecule has 1 aliphatic rings. The van der Waals surface area contributed by atoms with Gasteiger partial charge >= 0.3 is 0 Å². The van der Waals surface area contributed by atoms with Gasteiger partial charge in [0.15, 0.2) is 23.0 Å². The minimum absolute atomic E-state index is 0.435. The molecule has 33 heavy (non-hydrogen) atoms. The minimum atomic E-state index is 0.435. The van der Waals surface area contributed by atoms with Gasteiger partial charge in [0.2, 0.25) is 5.95 Å². The molecule has 1 aliphatic heterocycles. The van der Waals surface area contributed by atoms with E-state index in [2.05, 4.69) is 35.4 Å². The third-order valence-electron chi connectivity index (χ3n) is 5.39. The first kappa shape index (κ1) is 19.4. The first-order chi connectivity index (χ1) is 16.3. The number of fused-ring (bicyclic) bond motifs is 1. The molecule has 0 spiro atoms. The highest BCUT2D eigenvalue weighted by molar-refractivity contribution is 5.89. The average molecular weight is 440 g/mol. The molecule has 0 bridgehead atoms. The third kappa shape index (κ3) is 3.87. The second-order valence-corrected chi connectivity index (χ2v) is 7.54. The maximum Gasteiger partial charge on any atom is 0.231 e. The van der Waals surface area contributed by atoms with Crippen LogP contribution in [-0.4, -0.2) is 56.4 Å². The van der Waals surface area contributed by atoms with Crippen LogP contribution in [-0.2, 0) is 4.74 Å². The van der Waals surface area contributed by atoms with Gasteiger partial charge in [0.1, 0.15) is 11.2 Å². The van der Waals surface area contributed by atoms with Gasteiger partial charge in [-0.2, -0.15) is 10.1 Å². The summed E-state index contributed by atoms with van der Waals surface area (Å²) in [5.74, 6) is 2.41. The number of H-pyrrole nitrogens is 1. The summed E-state index contributed by atoms with van der Waals surface area (Å²) in [6.07, 6.45) is 5.22. The van der Waals surface area contributed by atoms with Crippen molar-refractivity contribution in [1.29, 1.82) is 0 Å². The van der Waals surface area contributed by atoms with Gasteiger partial charge in [-0.05, 0) is 24.3 Å². The number of furan rings is 1. The van der Waals surface area contributed by atoms with Crippen LogP contribution in [0, 0.1) is 0 Å². The Morgan fingerprint density at radius 3 is 2.67 bits per heavy atom. The number of aromatic nitrogens is 6. The number of nitrogens with zero attached hydrogens (tertiary/aromatic N) is 6. The fourth-order valence-corrected chi connectivity index (χ4v) is 3.77. The lowest BCUT2D eigenvalue weighted by Gasteiger charge is -2.27. The molecule has 10 heteroatoms. The molecular weight excluding hydrogens is 420 g/mol. The first-order valence-corrected chi connectivity index (χ1v) is 10.6. The topological polar surface area (TPSA) is 118 Å².